The standard InChI is InChI=1S/C10H16N2O4/c1-6(2)9(16-5-15-3)7-4-8(13)12-10(14)11-7/h6,9H,4-5H2,1-3H3,(H,12,13,14). The highest BCUT2D eigenvalue weighted by molar-refractivity contribution is 6.15. The second kappa shape index (κ2) is 5.72. The van der Waals surface area contributed by atoms with Gasteiger partial charge >= 0.3 is 6.03 Å². The van der Waals surface area contributed by atoms with Crippen LogP contribution in [0.5, 0.6) is 0 Å². The highest BCUT2D eigenvalue weighted by Crippen LogP contribution is 2.13. The molecule has 0 aromatic carbocycles. The number of carbonyl (C=O) groups is 2. The number of nitrogens with one attached hydrogen (secondary N) is 1. The number of hydrogen-bond acceptors (Lipinski definition) is 4. The molecule has 6 nitrogen and oxygen atoms in total. The highest BCUT2D eigenvalue weighted by Gasteiger charge is 2.27. The van der Waals surface area contributed by atoms with Crippen LogP contribution in [0.25, 0.3) is 0 Å². The molecule has 1 unspecified atom stereocenters. The second-order valence-electron chi connectivity index (χ2n) is 3.87. The first-order chi connectivity index (χ1) is 7.54. The smallest absolute Gasteiger partial charge is 0.347 e. The van der Waals surface area contributed by atoms with E-state index in [9.17, 15) is 9.59 Å². The Labute approximate surface area is 94.0 Å². The highest BCUT2D eigenvalue weighted by atomic mass is 16.7. The molecule has 0 aromatic heterocycles. The Morgan fingerprint density at radius 2 is 2.12 bits per heavy atom. The molecule has 3 amide bonds. The number of amides is 3. The molecule has 0 saturated carbocycles. The summed E-state index contributed by atoms with van der Waals surface area (Å²) in [7, 11) is 1.51. The molecule has 16 heavy (non-hydrogen) atoms. The van der Waals surface area contributed by atoms with E-state index in [2.05, 4.69) is 10.3 Å². The van der Waals surface area contributed by atoms with Crippen molar-refractivity contribution in [2.45, 2.75) is 26.4 Å². The van der Waals surface area contributed by atoms with Crippen LogP contribution in [0.3, 0.4) is 0 Å². The maximum absolute atomic E-state index is 11.2. The van der Waals surface area contributed by atoms with Gasteiger partial charge in [0.2, 0.25) is 5.91 Å². The minimum Gasteiger partial charge on any atom is -0.359 e. The summed E-state index contributed by atoms with van der Waals surface area (Å²) in [6.45, 7) is 3.97. The summed E-state index contributed by atoms with van der Waals surface area (Å²) in [6, 6.07) is -0.627. The molecule has 0 saturated heterocycles. The Balaban J connectivity index is 2.77. The first-order valence-electron chi connectivity index (χ1n) is 5.06. The topological polar surface area (TPSA) is 77.0 Å². The van der Waals surface area contributed by atoms with Gasteiger partial charge in [0.1, 0.15) is 12.9 Å². The van der Waals surface area contributed by atoms with Crippen molar-refractivity contribution in [3.63, 3.8) is 0 Å². The van der Waals surface area contributed by atoms with E-state index in [1.165, 1.54) is 7.11 Å². The fourth-order valence-corrected chi connectivity index (χ4v) is 1.50. The van der Waals surface area contributed by atoms with Gasteiger partial charge in [-0.3, -0.25) is 10.1 Å². The maximum Gasteiger partial charge on any atom is 0.347 e. The summed E-state index contributed by atoms with van der Waals surface area (Å²) in [6.07, 6.45) is -0.270. The third-order valence-corrected chi connectivity index (χ3v) is 2.13. The lowest BCUT2D eigenvalue weighted by Gasteiger charge is -2.24. The van der Waals surface area contributed by atoms with Crippen LogP contribution in [0.1, 0.15) is 20.3 Å². The number of hydrogen-bond donors (Lipinski definition) is 1. The van der Waals surface area contributed by atoms with Crippen LogP contribution in [-0.4, -0.2) is 37.7 Å². The SMILES string of the molecule is COCOC(C1=NC(=O)NC(=O)C1)C(C)C. The quantitative estimate of drug-likeness (QED) is 0.703. The van der Waals surface area contributed by atoms with Crippen LogP contribution in [0.4, 0.5) is 4.79 Å². The number of nitrogens with zero attached hydrogens (tertiary/aromatic N) is 1. The minimum atomic E-state index is -0.627. The third kappa shape index (κ3) is 3.39. The molecule has 1 aliphatic heterocycles. The summed E-state index contributed by atoms with van der Waals surface area (Å²) in [5.74, 6) is -0.228. The van der Waals surface area contributed by atoms with Crippen LogP contribution in [0.2, 0.25) is 0 Å². The lowest BCUT2D eigenvalue weighted by molar-refractivity contribution is -0.119. The number of imide groups is 1. The van der Waals surface area contributed by atoms with E-state index in [4.69, 9.17) is 9.47 Å². The predicted octanol–water partition coefficient (Wildman–Crippen LogP) is 0.712. The predicted molar refractivity (Wildman–Crippen MR) is 57.2 cm³/mol. The van der Waals surface area contributed by atoms with E-state index in [1.54, 1.807) is 0 Å². The number of urea groups is 1. The normalized spacial score (nSPS) is 18.4. The van der Waals surface area contributed by atoms with Crippen molar-refractivity contribution in [1.82, 2.24) is 5.32 Å². The van der Waals surface area contributed by atoms with E-state index >= 15 is 0 Å². The number of rotatable bonds is 5. The summed E-state index contributed by atoms with van der Waals surface area (Å²) in [5.41, 5.74) is 0.459. The molecule has 1 N–H and O–H groups in total. The van der Waals surface area contributed by atoms with Crippen molar-refractivity contribution in [2.24, 2.45) is 10.9 Å². The molecule has 1 atom stereocenters. The molecule has 0 aromatic rings. The minimum absolute atomic E-state index is 0.0955. The van der Waals surface area contributed by atoms with Gasteiger partial charge in [-0.15, -0.1) is 0 Å². The van der Waals surface area contributed by atoms with Crippen molar-refractivity contribution in [1.29, 1.82) is 0 Å². The van der Waals surface area contributed by atoms with Crippen LogP contribution < -0.4 is 5.32 Å². The van der Waals surface area contributed by atoms with Gasteiger partial charge in [-0.05, 0) is 5.92 Å². The lowest BCUT2D eigenvalue weighted by Crippen LogP contribution is -2.41. The van der Waals surface area contributed by atoms with E-state index in [0.717, 1.165) is 0 Å². The lowest BCUT2D eigenvalue weighted by atomic mass is 9.99. The first-order valence-corrected chi connectivity index (χ1v) is 5.06. The molecular formula is C10H16N2O4. The maximum atomic E-state index is 11.2. The van der Waals surface area contributed by atoms with Gasteiger partial charge in [-0.1, -0.05) is 13.8 Å². The van der Waals surface area contributed by atoms with Gasteiger partial charge in [-0.2, -0.15) is 4.99 Å². The van der Waals surface area contributed by atoms with Gasteiger partial charge in [0.05, 0.1) is 12.1 Å². The molecule has 1 heterocycles. The zero-order valence-corrected chi connectivity index (χ0v) is 9.65. The van der Waals surface area contributed by atoms with Crippen LogP contribution in [-0.2, 0) is 14.3 Å². The fourth-order valence-electron chi connectivity index (χ4n) is 1.50. The van der Waals surface area contributed by atoms with Crippen molar-refractivity contribution in [3.8, 4) is 0 Å². The van der Waals surface area contributed by atoms with Crippen molar-refractivity contribution in [3.05, 3.63) is 0 Å². The first kappa shape index (κ1) is 12.8. The van der Waals surface area contributed by atoms with Crippen LogP contribution in [0.15, 0.2) is 4.99 Å². The average Bonchev–Trinajstić information content (AvgIpc) is 2.16. The summed E-state index contributed by atoms with van der Waals surface area (Å²) >= 11 is 0. The Bertz CT molecular complexity index is 312. The molecule has 1 aliphatic rings. The van der Waals surface area contributed by atoms with E-state index in [1.807, 2.05) is 13.8 Å². The Kier molecular flexibility index (Phi) is 4.57. The molecule has 0 radical (unpaired) electrons. The second-order valence-corrected chi connectivity index (χ2v) is 3.87. The summed E-state index contributed by atoms with van der Waals surface area (Å²) < 4.78 is 10.2. The van der Waals surface area contributed by atoms with Gasteiger partial charge in [-0.25, -0.2) is 4.79 Å². The molecule has 0 fully saturated rings. The summed E-state index contributed by atoms with van der Waals surface area (Å²) in [5, 5.41) is 2.11. The van der Waals surface area contributed by atoms with Crippen molar-refractivity contribution in [2.75, 3.05) is 13.9 Å². The van der Waals surface area contributed by atoms with Crippen LogP contribution >= 0.6 is 0 Å². The molecule has 6 heteroatoms. The number of carbonyl (C=O) groups excluding carboxylic acids is 2. The molecule has 90 valence electrons. The van der Waals surface area contributed by atoms with Gasteiger partial charge in [0.15, 0.2) is 0 Å². The van der Waals surface area contributed by atoms with Gasteiger partial charge in [0, 0.05) is 7.11 Å². The third-order valence-electron chi connectivity index (χ3n) is 2.13. The molecule has 1 rings (SSSR count). The van der Waals surface area contributed by atoms with Crippen LogP contribution in [0, 0.1) is 5.92 Å². The molecule has 0 bridgehead atoms. The largest absolute Gasteiger partial charge is 0.359 e. The molecular weight excluding hydrogens is 212 g/mol. The number of ether oxygens (including phenoxy) is 2. The van der Waals surface area contributed by atoms with Gasteiger partial charge < -0.3 is 9.47 Å². The Morgan fingerprint density at radius 1 is 1.44 bits per heavy atom. The van der Waals surface area contributed by atoms with Crippen molar-refractivity contribution >= 4 is 17.6 Å². The number of methoxy groups -OCH3 is 1. The zero-order chi connectivity index (χ0) is 12.1. The average molecular weight is 228 g/mol. The van der Waals surface area contributed by atoms with Gasteiger partial charge in [0.25, 0.3) is 0 Å². The molecule has 0 spiro atoms. The fraction of sp³-hybridized carbons (Fsp3) is 0.700. The Morgan fingerprint density at radius 3 is 2.62 bits per heavy atom. The zero-order valence-electron chi connectivity index (χ0n) is 9.65. The van der Waals surface area contributed by atoms with Crippen molar-refractivity contribution < 1.29 is 19.1 Å². The monoisotopic (exact) mass is 228 g/mol. The van der Waals surface area contributed by atoms with E-state index in [-0.39, 0.29) is 31.1 Å². The Hall–Kier alpha value is -1.27. The summed E-state index contributed by atoms with van der Waals surface area (Å²) in [4.78, 5) is 26.0. The molecule has 0 aliphatic carbocycles. The van der Waals surface area contributed by atoms with E-state index in [0.29, 0.717) is 5.71 Å². The van der Waals surface area contributed by atoms with E-state index < -0.39 is 6.03 Å². The number of aliphatic imine (C=N–C) groups is 1.